The number of carbonyl (C=O) groups is 1. The first-order chi connectivity index (χ1) is 14.3. The zero-order valence-electron chi connectivity index (χ0n) is 19.1. The molecule has 0 aliphatic carbocycles. The molecule has 0 aromatic heterocycles. The molecule has 3 rings (SSSR count). The SMILES string of the molecule is COc1ccc(C2c3cc(C)c(C)cc3CC[N+]2(C)CCCOC(C)=O)cc1OC. The Labute approximate surface area is 180 Å². The molecule has 2 unspecified atom stereocenters. The van der Waals surface area contributed by atoms with E-state index in [0.717, 1.165) is 41.9 Å². The van der Waals surface area contributed by atoms with Crippen molar-refractivity contribution in [3.05, 3.63) is 58.1 Å². The van der Waals surface area contributed by atoms with Crippen LogP contribution in [0.1, 0.15) is 47.2 Å². The summed E-state index contributed by atoms with van der Waals surface area (Å²) in [5.74, 6) is 1.27. The van der Waals surface area contributed by atoms with E-state index in [0.29, 0.717) is 6.61 Å². The highest BCUT2D eigenvalue weighted by Crippen LogP contribution is 2.43. The molecule has 0 spiro atoms. The van der Waals surface area contributed by atoms with Crippen LogP contribution in [-0.2, 0) is 16.0 Å². The molecule has 0 radical (unpaired) electrons. The van der Waals surface area contributed by atoms with Gasteiger partial charge >= 0.3 is 5.97 Å². The fraction of sp³-hybridized carbons (Fsp3) is 0.480. The van der Waals surface area contributed by atoms with Gasteiger partial charge in [-0.25, -0.2) is 0 Å². The van der Waals surface area contributed by atoms with E-state index in [2.05, 4.69) is 45.2 Å². The molecule has 1 aliphatic rings. The van der Waals surface area contributed by atoms with Crippen LogP contribution in [0, 0.1) is 13.8 Å². The average Bonchev–Trinajstić information content (AvgIpc) is 2.72. The third kappa shape index (κ3) is 4.46. The number of aryl methyl sites for hydroxylation is 2. The summed E-state index contributed by atoms with van der Waals surface area (Å²) in [4.78, 5) is 11.2. The van der Waals surface area contributed by atoms with Crippen LogP contribution in [0.3, 0.4) is 0 Å². The normalized spacial score (nSPS) is 20.4. The molecule has 30 heavy (non-hydrogen) atoms. The van der Waals surface area contributed by atoms with Gasteiger partial charge in [0.15, 0.2) is 11.5 Å². The van der Waals surface area contributed by atoms with Gasteiger partial charge in [0.25, 0.3) is 0 Å². The molecule has 0 saturated carbocycles. The van der Waals surface area contributed by atoms with Crippen LogP contribution in [0.5, 0.6) is 11.5 Å². The first-order valence-electron chi connectivity index (χ1n) is 10.6. The Morgan fingerprint density at radius 2 is 1.77 bits per heavy atom. The second-order valence-corrected chi connectivity index (χ2v) is 8.52. The molecular weight excluding hydrogens is 378 g/mol. The number of likely N-dealkylation sites (N-methyl/N-ethyl adjacent to an activating group) is 1. The number of benzene rings is 2. The molecule has 5 nitrogen and oxygen atoms in total. The molecule has 1 heterocycles. The van der Waals surface area contributed by atoms with Crippen LogP contribution in [0.15, 0.2) is 30.3 Å². The third-order valence-electron chi connectivity index (χ3n) is 6.41. The number of hydrogen-bond acceptors (Lipinski definition) is 4. The lowest BCUT2D eigenvalue weighted by Crippen LogP contribution is -2.52. The van der Waals surface area contributed by atoms with Gasteiger partial charge in [0.05, 0.1) is 41.0 Å². The molecular formula is C25H34NO4+. The zero-order chi connectivity index (χ0) is 21.9. The van der Waals surface area contributed by atoms with E-state index in [4.69, 9.17) is 14.2 Å². The number of ether oxygens (including phenoxy) is 3. The van der Waals surface area contributed by atoms with E-state index in [1.54, 1.807) is 14.2 Å². The maximum atomic E-state index is 11.2. The minimum absolute atomic E-state index is 0.185. The van der Waals surface area contributed by atoms with Gasteiger partial charge in [0.2, 0.25) is 0 Å². The van der Waals surface area contributed by atoms with Gasteiger partial charge in [-0.05, 0) is 54.8 Å². The van der Waals surface area contributed by atoms with Crippen LogP contribution in [0.25, 0.3) is 0 Å². The van der Waals surface area contributed by atoms with Crippen molar-refractivity contribution in [3.63, 3.8) is 0 Å². The maximum absolute atomic E-state index is 11.2. The summed E-state index contributed by atoms with van der Waals surface area (Å²) >= 11 is 0. The van der Waals surface area contributed by atoms with Gasteiger partial charge in [-0.3, -0.25) is 4.79 Å². The van der Waals surface area contributed by atoms with Crippen LogP contribution < -0.4 is 9.47 Å². The molecule has 0 amide bonds. The van der Waals surface area contributed by atoms with Crippen molar-refractivity contribution < 1.29 is 23.5 Å². The quantitative estimate of drug-likeness (QED) is 0.385. The second-order valence-electron chi connectivity index (χ2n) is 8.52. The lowest BCUT2D eigenvalue weighted by molar-refractivity contribution is -0.935. The largest absolute Gasteiger partial charge is 0.493 e. The maximum Gasteiger partial charge on any atom is 0.302 e. The van der Waals surface area contributed by atoms with Crippen molar-refractivity contribution in [2.45, 2.75) is 39.7 Å². The molecule has 2 aromatic carbocycles. The average molecular weight is 413 g/mol. The summed E-state index contributed by atoms with van der Waals surface area (Å²) in [5.41, 5.74) is 6.67. The highest BCUT2D eigenvalue weighted by atomic mass is 16.5. The van der Waals surface area contributed by atoms with Crippen molar-refractivity contribution in [1.29, 1.82) is 0 Å². The molecule has 0 fully saturated rings. The van der Waals surface area contributed by atoms with Crippen molar-refractivity contribution in [3.8, 4) is 11.5 Å². The first kappa shape index (κ1) is 22.2. The van der Waals surface area contributed by atoms with Gasteiger partial charge in [-0.2, -0.15) is 0 Å². The Balaban J connectivity index is 2.04. The number of methoxy groups -OCH3 is 2. The lowest BCUT2D eigenvalue weighted by atomic mass is 9.84. The minimum Gasteiger partial charge on any atom is -0.493 e. The van der Waals surface area contributed by atoms with E-state index >= 15 is 0 Å². The standard InChI is InChI=1S/C25H34NO4/c1-17-14-20-10-12-26(4,11-7-13-30-19(3)27)25(22(20)15-18(17)2)21-8-9-23(28-5)24(16-21)29-6/h8-9,14-16,25H,7,10-13H2,1-6H3/q+1. The zero-order valence-corrected chi connectivity index (χ0v) is 19.1. The van der Waals surface area contributed by atoms with Gasteiger partial charge in [0.1, 0.15) is 6.04 Å². The fourth-order valence-electron chi connectivity index (χ4n) is 4.65. The number of fused-ring (bicyclic) bond motifs is 1. The molecule has 0 bridgehead atoms. The summed E-state index contributed by atoms with van der Waals surface area (Å²) < 4.78 is 17.1. The Bertz CT molecular complexity index is 924. The highest BCUT2D eigenvalue weighted by molar-refractivity contribution is 5.65. The van der Waals surface area contributed by atoms with Crippen molar-refractivity contribution in [2.75, 3.05) is 41.0 Å². The second kappa shape index (κ2) is 9.09. The van der Waals surface area contributed by atoms with E-state index in [1.807, 2.05) is 6.07 Å². The van der Waals surface area contributed by atoms with E-state index in [-0.39, 0.29) is 12.0 Å². The molecule has 0 N–H and O–H groups in total. The predicted octanol–water partition coefficient (Wildman–Crippen LogP) is 4.37. The van der Waals surface area contributed by atoms with E-state index < -0.39 is 0 Å². The van der Waals surface area contributed by atoms with Crippen LogP contribution in [-0.4, -0.2) is 51.4 Å². The number of carbonyl (C=O) groups excluding carboxylic acids is 1. The Hall–Kier alpha value is -2.53. The number of quaternary nitrogens is 1. The summed E-state index contributed by atoms with van der Waals surface area (Å²) in [5, 5.41) is 0. The van der Waals surface area contributed by atoms with Crippen molar-refractivity contribution in [1.82, 2.24) is 0 Å². The first-order valence-corrected chi connectivity index (χ1v) is 10.6. The van der Waals surface area contributed by atoms with E-state index in [1.165, 1.54) is 34.7 Å². The monoisotopic (exact) mass is 412 g/mol. The van der Waals surface area contributed by atoms with Gasteiger partial charge in [0, 0.05) is 30.9 Å². The Morgan fingerprint density at radius 3 is 2.43 bits per heavy atom. The minimum atomic E-state index is -0.218. The van der Waals surface area contributed by atoms with Crippen LogP contribution in [0.4, 0.5) is 0 Å². The van der Waals surface area contributed by atoms with E-state index in [9.17, 15) is 4.79 Å². The molecule has 162 valence electrons. The smallest absolute Gasteiger partial charge is 0.302 e. The number of hydrogen-bond donors (Lipinski definition) is 0. The van der Waals surface area contributed by atoms with Gasteiger partial charge in [-0.1, -0.05) is 6.07 Å². The number of nitrogens with zero attached hydrogens (tertiary/aromatic N) is 1. The summed E-state index contributed by atoms with van der Waals surface area (Å²) in [6.45, 7) is 8.25. The van der Waals surface area contributed by atoms with Gasteiger partial charge < -0.3 is 18.7 Å². The van der Waals surface area contributed by atoms with Crippen LogP contribution in [0.2, 0.25) is 0 Å². The Morgan fingerprint density at radius 1 is 1.07 bits per heavy atom. The number of esters is 1. The van der Waals surface area contributed by atoms with Crippen molar-refractivity contribution >= 4 is 5.97 Å². The molecule has 2 atom stereocenters. The molecule has 2 aromatic rings. The highest BCUT2D eigenvalue weighted by Gasteiger charge is 2.40. The van der Waals surface area contributed by atoms with Crippen molar-refractivity contribution in [2.24, 2.45) is 0 Å². The van der Waals surface area contributed by atoms with Gasteiger partial charge in [-0.15, -0.1) is 0 Å². The summed E-state index contributed by atoms with van der Waals surface area (Å²) in [6, 6.07) is 11.1. The topological polar surface area (TPSA) is 44.8 Å². The van der Waals surface area contributed by atoms with Crippen LogP contribution >= 0.6 is 0 Å². The Kier molecular flexibility index (Phi) is 6.71. The summed E-state index contributed by atoms with van der Waals surface area (Å²) in [7, 11) is 5.65. The lowest BCUT2D eigenvalue weighted by Gasteiger charge is -2.46. The molecule has 5 heteroatoms. The number of rotatable bonds is 7. The molecule has 0 saturated heterocycles. The predicted molar refractivity (Wildman–Crippen MR) is 118 cm³/mol. The molecule has 1 aliphatic heterocycles. The third-order valence-corrected chi connectivity index (χ3v) is 6.41. The summed E-state index contributed by atoms with van der Waals surface area (Å²) in [6.07, 6.45) is 1.88. The fourth-order valence-corrected chi connectivity index (χ4v) is 4.65.